The van der Waals surface area contributed by atoms with Crippen molar-refractivity contribution in [3.05, 3.63) is 11.3 Å². The monoisotopic (exact) mass is 362 g/mol. The van der Waals surface area contributed by atoms with Gasteiger partial charge in [0.15, 0.2) is 0 Å². The summed E-state index contributed by atoms with van der Waals surface area (Å²) in [6.45, 7) is 0. The van der Waals surface area contributed by atoms with Crippen molar-refractivity contribution in [3.63, 3.8) is 0 Å². The minimum atomic E-state index is -0.0544. The molecule has 1 aliphatic heterocycles. The lowest BCUT2D eigenvalue weighted by molar-refractivity contribution is 0.200. The molecule has 0 saturated heterocycles. The highest BCUT2D eigenvalue weighted by Crippen LogP contribution is 2.47. The first-order valence-corrected chi connectivity index (χ1v) is 10.5. The lowest BCUT2D eigenvalue weighted by atomic mass is 9.30. The van der Waals surface area contributed by atoms with E-state index in [1.165, 1.54) is 38.5 Å². The van der Waals surface area contributed by atoms with E-state index in [0.717, 1.165) is 5.75 Å². The van der Waals surface area contributed by atoms with Crippen LogP contribution in [0.4, 0.5) is 0 Å². The van der Waals surface area contributed by atoms with Crippen molar-refractivity contribution in [1.82, 2.24) is 9.88 Å². The minimum absolute atomic E-state index is 0.0255. The van der Waals surface area contributed by atoms with Gasteiger partial charge in [0.05, 0.1) is 7.11 Å². The molecule has 0 atom stereocenters. The van der Waals surface area contributed by atoms with Gasteiger partial charge in [-0.1, -0.05) is 16.1 Å². The molecule has 2 heterocycles. The van der Waals surface area contributed by atoms with Crippen LogP contribution in [0.1, 0.15) is 11.3 Å². The van der Waals surface area contributed by atoms with Gasteiger partial charge in [0.1, 0.15) is 92.1 Å². The number of aromatic amines is 1. The first-order valence-electron chi connectivity index (χ1n) is 10.5. The maximum atomic E-state index is 5.80. The van der Waals surface area contributed by atoms with Crippen molar-refractivity contribution in [2.24, 2.45) is 0 Å². The molecule has 28 heavy (non-hydrogen) atoms. The van der Waals surface area contributed by atoms with Crippen LogP contribution in [0.3, 0.4) is 0 Å². The number of likely N-dealkylation sites (N-methyl/N-ethyl adjacent to an activating group) is 1. The van der Waals surface area contributed by atoms with Crippen LogP contribution in [0.5, 0.6) is 5.75 Å². The molecular weight excluding hydrogens is 331 g/mol. The van der Waals surface area contributed by atoms with Gasteiger partial charge in [0, 0.05) is 11.2 Å². The zero-order chi connectivity index (χ0) is 21.6. The Morgan fingerprint density at radius 3 is 1.79 bits per heavy atom. The predicted octanol–water partition coefficient (Wildman–Crippen LogP) is -11.4. The maximum Gasteiger partial charge on any atom is 0.146 e. The van der Waals surface area contributed by atoms with E-state index in [-0.39, 0.29) is 21.1 Å². The number of nitrogens with one attached hydrogen (secondary N) is 1. The molecule has 14 heteroatoms. The maximum absolute atomic E-state index is 5.80. The fourth-order valence-corrected chi connectivity index (χ4v) is 5.46. The third-order valence-electron chi connectivity index (χ3n) is 9.18. The zero-order valence-corrected chi connectivity index (χ0v) is 20.4. The van der Waals surface area contributed by atoms with Gasteiger partial charge in [-0.15, -0.1) is 0 Å². The number of hydrogen-bond acceptors (Lipinski definition) is 2. The van der Waals surface area contributed by atoms with E-state index in [4.69, 9.17) is 4.74 Å². The summed E-state index contributed by atoms with van der Waals surface area (Å²) in [7, 11) is 29.9. The number of benzene rings is 1. The number of ether oxygens (including phenoxy) is 1. The third-order valence-corrected chi connectivity index (χ3v) is 9.18. The van der Waals surface area contributed by atoms with Crippen LogP contribution in [0.25, 0.3) is 10.9 Å². The molecule has 3 nitrogen and oxygen atoms in total. The van der Waals surface area contributed by atoms with Crippen molar-refractivity contribution in [3.8, 4) is 5.75 Å². The number of aromatic nitrogens is 1. The second-order valence-corrected chi connectivity index (χ2v) is 11.0. The van der Waals surface area contributed by atoms with Crippen molar-refractivity contribution in [2.45, 2.75) is 21.1 Å². The quantitative estimate of drug-likeness (QED) is 0.512. The van der Waals surface area contributed by atoms with Crippen LogP contribution in [-0.4, -0.2) is 121 Å². The normalized spacial score (nSPS) is 22.4. The van der Waals surface area contributed by atoms with E-state index in [9.17, 15) is 0 Å². The molecule has 3 rings (SSSR count). The smallest absolute Gasteiger partial charge is 0.146 e. The summed E-state index contributed by atoms with van der Waals surface area (Å²) < 4.78 is 5.80. The zero-order valence-electron chi connectivity index (χ0n) is 20.4. The van der Waals surface area contributed by atoms with E-state index in [1.54, 1.807) is 7.11 Å². The number of methoxy groups -OCH3 is 1. The summed E-state index contributed by atoms with van der Waals surface area (Å²) >= 11 is 0. The molecule has 1 aromatic carbocycles. The lowest BCUT2D eigenvalue weighted by Gasteiger charge is -2.57. The SMILES string of the molecule is Bc1c(OC)c(B)c2[nH]c3c(c2c1B)C(B)(B)C(B)(B)N(C)C(B)(B)C3(B)B. The predicted molar refractivity (Wildman–Crippen MR) is 154 cm³/mol. The van der Waals surface area contributed by atoms with Gasteiger partial charge in [-0.2, -0.15) is 0 Å². The molecule has 0 aliphatic carbocycles. The van der Waals surface area contributed by atoms with Gasteiger partial charge in [-0.05, 0) is 39.3 Å². The average molecular weight is 360 g/mol. The second-order valence-electron chi connectivity index (χ2n) is 11.0. The molecule has 0 amide bonds. The molecule has 0 saturated carbocycles. The molecule has 0 radical (unpaired) electrons. The second kappa shape index (κ2) is 6.12. The summed E-state index contributed by atoms with van der Waals surface area (Å²) in [4.78, 5) is 6.52. The van der Waals surface area contributed by atoms with Gasteiger partial charge >= 0.3 is 0 Å². The largest absolute Gasteiger partial charge is 0.498 e. The molecule has 1 N–H and O–H groups in total. The minimum Gasteiger partial charge on any atom is -0.498 e. The number of hydrogen-bond donors (Lipinski definition) is 1. The van der Waals surface area contributed by atoms with Crippen LogP contribution in [-0.2, 0) is 10.4 Å². The first-order chi connectivity index (χ1) is 12.6. The Balaban J connectivity index is 2.62. The van der Waals surface area contributed by atoms with Crippen LogP contribution >= 0.6 is 0 Å². The summed E-state index contributed by atoms with van der Waals surface area (Å²) in [5.41, 5.74) is 7.87. The van der Waals surface area contributed by atoms with E-state index < -0.39 is 0 Å². The van der Waals surface area contributed by atoms with Crippen LogP contribution < -0.4 is 21.1 Å². The molecule has 0 fully saturated rings. The lowest BCUT2D eigenvalue weighted by Crippen LogP contribution is -2.73. The highest BCUT2D eigenvalue weighted by molar-refractivity contribution is 6.62. The van der Waals surface area contributed by atoms with E-state index in [1.807, 2.05) is 0 Å². The molecule has 0 bridgehead atoms. The van der Waals surface area contributed by atoms with E-state index in [0.29, 0.717) is 0 Å². The van der Waals surface area contributed by atoms with Crippen molar-refractivity contribution >= 4 is 114 Å². The Labute approximate surface area is 180 Å². The van der Waals surface area contributed by atoms with E-state index >= 15 is 0 Å². The fourth-order valence-electron chi connectivity index (χ4n) is 5.46. The fraction of sp³-hybridized carbons (Fsp3) is 0.429. The van der Waals surface area contributed by atoms with Crippen LogP contribution in [0.2, 0.25) is 0 Å². The molecule has 1 aliphatic rings. The summed E-state index contributed by atoms with van der Waals surface area (Å²) in [5.74, 6) is 1.01. The summed E-state index contributed by atoms with van der Waals surface area (Å²) in [6, 6.07) is 0. The number of nitrogens with zero attached hydrogens (tertiary/aromatic N) is 1. The Morgan fingerprint density at radius 2 is 1.29 bits per heavy atom. The van der Waals surface area contributed by atoms with Gasteiger partial charge in [-0.3, -0.25) is 0 Å². The highest BCUT2D eigenvalue weighted by atomic mass is 16.5. The highest BCUT2D eigenvalue weighted by Gasteiger charge is 2.56. The van der Waals surface area contributed by atoms with E-state index in [2.05, 4.69) is 103 Å². The van der Waals surface area contributed by atoms with Gasteiger partial charge in [0.2, 0.25) is 0 Å². The van der Waals surface area contributed by atoms with Gasteiger partial charge in [-0.25, -0.2) is 0 Å². The number of fused-ring (bicyclic) bond motifs is 3. The molecule has 2 aromatic rings. The Kier molecular flexibility index (Phi) is 4.80. The molecular formula is C14H29B11N2O. The van der Waals surface area contributed by atoms with Gasteiger partial charge < -0.3 is 14.6 Å². The van der Waals surface area contributed by atoms with Gasteiger partial charge in [0.25, 0.3) is 0 Å². The van der Waals surface area contributed by atoms with Crippen molar-refractivity contribution in [1.29, 1.82) is 0 Å². The first kappa shape index (κ1) is 21.9. The Bertz CT molecular complexity index is 982. The summed E-state index contributed by atoms with van der Waals surface area (Å²) in [5, 5.41) is 1.24. The standard InChI is InChI=1S/C14H29B11N2O/c1-27-13(22,23)11(18,19)4-3-5(15)6(16)9(28-2)7(17)8(3)26-10(4)12(20,21)14(27,24)25/h26H,15-25H2,1-2H3. The third kappa shape index (κ3) is 2.36. The molecule has 0 spiro atoms. The number of H-pyrrole nitrogens is 1. The van der Waals surface area contributed by atoms with Crippen molar-refractivity contribution < 1.29 is 4.74 Å². The molecule has 1 aromatic heterocycles. The Hall–Kier alpha value is -0.766. The Morgan fingerprint density at radius 1 is 0.786 bits per heavy atom. The number of rotatable bonds is 1. The molecule has 0 unspecified atom stereocenters. The van der Waals surface area contributed by atoms with Crippen LogP contribution in [0, 0.1) is 0 Å². The summed E-state index contributed by atoms with van der Waals surface area (Å²) in [6.07, 6.45) is 0. The van der Waals surface area contributed by atoms with Crippen molar-refractivity contribution in [2.75, 3.05) is 14.2 Å². The topological polar surface area (TPSA) is 28.3 Å². The molecule has 134 valence electrons. The van der Waals surface area contributed by atoms with Crippen LogP contribution in [0.15, 0.2) is 0 Å². The average Bonchev–Trinajstić information content (AvgIpc) is 3.00.